The highest BCUT2D eigenvalue weighted by Gasteiger charge is 2.48. The van der Waals surface area contributed by atoms with E-state index in [1.54, 1.807) is 6.07 Å². The number of nitrogens with zero attached hydrogens (tertiary/aromatic N) is 3. The second kappa shape index (κ2) is 7.63. The fourth-order valence-electron chi connectivity index (χ4n) is 5.36. The van der Waals surface area contributed by atoms with Crippen LogP contribution < -0.4 is 4.90 Å². The van der Waals surface area contributed by atoms with Crippen molar-refractivity contribution in [3.63, 3.8) is 0 Å². The smallest absolute Gasteiger partial charge is 0.392 e. The maximum absolute atomic E-state index is 13.7. The number of aryl methyl sites for hydroxylation is 1. The molecule has 1 saturated carbocycles. The number of fused-ring (bicyclic) bond motifs is 1. The van der Waals surface area contributed by atoms with E-state index in [0.717, 1.165) is 35.0 Å². The minimum Gasteiger partial charge on any atom is -0.392 e. The van der Waals surface area contributed by atoms with E-state index in [0.29, 0.717) is 11.6 Å². The number of benzene rings is 2. The van der Waals surface area contributed by atoms with Crippen molar-refractivity contribution < 1.29 is 23.1 Å². The summed E-state index contributed by atoms with van der Waals surface area (Å²) in [5.74, 6) is 0.0177. The van der Waals surface area contributed by atoms with Gasteiger partial charge in [-0.15, -0.1) is 5.10 Å². The van der Waals surface area contributed by atoms with Crippen molar-refractivity contribution in [1.29, 1.82) is 0 Å². The zero-order valence-corrected chi connectivity index (χ0v) is 18.9. The first kappa shape index (κ1) is 22.0. The molecule has 1 aliphatic heterocycles. The first-order chi connectivity index (χ1) is 15.6. The molecule has 2 heterocycles. The van der Waals surface area contributed by atoms with Crippen LogP contribution >= 0.6 is 11.5 Å². The number of carbonyl (C=O) groups is 1. The molecule has 0 saturated heterocycles. The summed E-state index contributed by atoms with van der Waals surface area (Å²) in [6, 6.07) is 9.76. The van der Waals surface area contributed by atoms with Crippen LogP contribution in [0.4, 0.5) is 18.9 Å². The lowest BCUT2D eigenvalue weighted by molar-refractivity contribution is -0.138. The van der Waals surface area contributed by atoms with Crippen molar-refractivity contribution in [1.82, 2.24) is 9.59 Å². The summed E-state index contributed by atoms with van der Waals surface area (Å²) in [6.45, 7) is 3.43. The number of aromatic nitrogens is 2. The molecule has 2 aliphatic rings. The summed E-state index contributed by atoms with van der Waals surface area (Å²) in [4.78, 5) is 15.6. The number of carbonyl (C=O) groups excluding carboxylic acids is 1. The summed E-state index contributed by atoms with van der Waals surface area (Å²) in [6.07, 6.45) is -2.82. The number of amides is 1. The van der Waals surface area contributed by atoms with Gasteiger partial charge in [-0.2, -0.15) is 13.2 Å². The number of hydrogen-bond acceptors (Lipinski definition) is 5. The number of hydrogen-bond donors (Lipinski definition) is 1. The number of halogens is 3. The minimum absolute atomic E-state index is 0.00852. The number of aliphatic hydroxyl groups is 1. The summed E-state index contributed by atoms with van der Waals surface area (Å²) in [5, 5.41) is 13.8. The van der Waals surface area contributed by atoms with E-state index in [2.05, 4.69) is 16.5 Å². The van der Waals surface area contributed by atoms with Gasteiger partial charge in [-0.25, -0.2) is 0 Å². The van der Waals surface area contributed by atoms with Crippen LogP contribution in [0.5, 0.6) is 0 Å². The van der Waals surface area contributed by atoms with Gasteiger partial charge in [0.1, 0.15) is 0 Å². The third-order valence-corrected chi connectivity index (χ3v) is 7.43. The van der Waals surface area contributed by atoms with Gasteiger partial charge in [0.2, 0.25) is 0 Å². The molecule has 1 aliphatic carbocycles. The van der Waals surface area contributed by atoms with Crippen LogP contribution in [0, 0.1) is 12.8 Å². The maximum atomic E-state index is 13.7. The average Bonchev–Trinajstić information content (AvgIpc) is 3.33. The summed E-state index contributed by atoms with van der Waals surface area (Å²) < 4.78 is 45.2. The molecule has 2 aromatic carbocycles. The van der Waals surface area contributed by atoms with E-state index < -0.39 is 24.3 Å². The first-order valence-electron chi connectivity index (χ1n) is 10.7. The second-order valence-electron chi connectivity index (χ2n) is 9.04. The van der Waals surface area contributed by atoms with Crippen LogP contribution in [0.1, 0.15) is 62.9 Å². The Labute approximate surface area is 193 Å². The first-order valence-corrected chi connectivity index (χ1v) is 11.5. The van der Waals surface area contributed by atoms with Crippen molar-refractivity contribution >= 4 is 23.1 Å². The van der Waals surface area contributed by atoms with Gasteiger partial charge in [0, 0.05) is 21.5 Å². The highest BCUT2D eigenvalue weighted by Crippen LogP contribution is 2.53. The molecule has 0 bridgehead atoms. The lowest BCUT2D eigenvalue weighted by Gasteiger charge is -2.46. The van der Waals surface area contributed by atoms with Gasteiger partial charge in [-0.05, 0) is 78.2 Å². The maximum Gasteiger partial charge on any atom is 0.416 e. The summed E-state index contributed by atoms with van der Waals surface area (Å²) >= 11 is 1.35. The average molecular weight is 474 g/mol. The Hall–Kier alpha value is -2.78. The predicted octanol–water partition coefficient (Wildman–Crippen LogP) is 5.23. The monoisotopic (exact) mass is 473 g/mol. The fraction of sp³-hybridized carbons (Fsp3) is 0.375. The fourth-order valence-corrected chi connectivity index (χ4v) is 5.92. The Morgan fingerprint density at radius 2 is 2.00 bits per heavy atom. The molecule has 0 atom stereocenters. The quantitative estimate of drug-likeness (QED) is 0.563. The summed E-state index contributed by atoms with van der Waals surface area (Å²) in [5.41, 5.74) is 1.31. The molecule has 1 N–H and O–H groups in total. The lowest BCUT2D eigenvalue weighted by Crippen LogP contribution is -2.42. The molecule has 1 fully saturated rings. The number of rotatable bonds is 4. The van der Waals surface area contributed by atoms with Crippen molar-refractivity contribution in [3.05, 3.63) is 74.8 Å². The Balaban J connectivity index is 1.56. The normalized spacial score (nSPS) is 22.4. The van der Waals surface area contributed by atoms with Crippen LogP contribution in [0.2, 0.25) is 0 Å². The number of alkyl halides is 3. The zero-order chi connectivity index (χ0) is 23.5. The zero-order valence-electron chi connectivity index (χ0n) is 18.1. The highest BCUT2D eigenvalue weighted by atomic mass is 32.1. The lowest BCUT2D eigenvalue weighted by atomic mass is 9.57. The van der Waals surface area contributed by atoms with Crippen LogP contribution in [0.25, 0.3) is 0 Å². The molecule has 3 aromatic rings. The molecule has 0 spiro atoms. The third kappa shape index (κ3) is 3.45. The molecule has 0 unspecified atom stereocenters. The van der Waals surface area contributed by atoms with Gasteiger partial charge >= 0.3 is 6.18 Å². The van der Waals surface area contributed by atoms with Crippen molar-refractivity contribution in [2.45, 2.75) is 51.4 Å². The van der Waals surface area contributed by atoms with Gasteiger partial charge in [-0.1, -0.05) is 23.5 Å². The van der Waals surface area contributed by atoms with E-state index in [-0.39, 0.29) is 28.7 Å². The topological polar surface area (TPSA) is 66.3 Å². The van der Waals surface area contributed by atoms with Gasteiger partial charge < -0.3 is 10.0 Å². The molecule has 33 heavy (non-hydrogen) atoms. The Morgan fingerprint density at radius 1 is 1.24 bits per heavy atom. The summed E-state index contributed by atoms with van der Waals surface area (Å²) in [7, 11) is 0. The van der Waals surface area contributed by atoms with E-state index in [1.807, 2.05) is 25.1 Å². The van der Waals surface area contributed by atoms with Gasteiger partial charge in [0.15, 0.2) is 0 Å². The van der Waals surface area contributed by atoms with Crippen molar-refractivity contribution in [2.24, 2.45) is 5.92 Å². The minimum atomic E-state index is -4.62. The number of aliphatic hydroxyl groups excluding tert-OH is 1. The Bertz CT molecular complexity index is 1250. The van der Waals surface area contributed by atoms with Crippen LogP contribution in [0.3, 0.4) is 0 Å². The predicted molar refractivity (Wildman–Crippen MR) is 118 cm³/mol. The Morgan fingerprint density at radius 3 is 2.61 bits per heavy atom. The standard InChI is InChI=1S/C24H22F3N3O2S/c1-13-9-23(10-13,21-14(2)33-29-28-21)16-4-3-5-17(8-16)30-11-19-18(22(30)32)6-15(12-31)7-20(19)24(25,26)27/h3-8,13,31H,9-12H2,1-2H3. The SMILES string of the molecule is Cc1snnc1C1(c2cccc(N3Cc4c(cc(CO)cc4C(F)(F)F)C3=O)c2)CC(C)C1. The van der Waals surface area contributed by atoms with E-state index in [1.165, 1.54) is 22.5 Å². The van der Waals surface area contributed by atoms with Gasteiger partial charge in [-0.3, -0.25) is 4.79 Å². The molecule has 5 rings (SSSR count). The molecule has 172 valence electrons. The van der Waals surface area contributed by atoms with E-state index in [9.17, 15) is 23.1 Å². The van der Waals surface area contributed by atoms with E-state index in [4.69, 9.17) is 0 Å². The molecule has 1 aromatic heterocycles. The van der Waals surface area contributed by atoms with Gasteiger partial charge in [0.05, 0.1) is 24.4 Å². The molecule has 0 radical (unpaired) electrons. The molecule has 5 nitrogen and oxygen atoms in total. The molecule has 9 heteroatoms. The van der Waals surface area contributed by atoms with Crippen LogP contribution in [0.15, 0.2) is 36.4 Å². The van der Waals surface area contributed by atoms with Gasteiger partial charge in [0.25, 0.3) is 5.91 Å². The molecular formula is C24H22F3N3O2S. The molecular weight excluding hydrogens is 451 g/mol. The van der Waals surface area contributed by atoms with Crippen LogP contribution in [-0.4, -0.2) is 20.6 Å². The third-order valence-electron chi connectivity index (χ3n) is 6.80. The highest BCUT2D eigenvalue weighted by molar-refractivity contribution is 7.05. The van der Waals surface area contributed by atoms with E-state index >= 15 is 0 Å². The van der Waals surface area contributed by atoms with Crippen molar-refractivity contribution in [3.8, 4) is 0 Å². The number of anilines is 1. The van der Waals surface area contributed by atoms with Crippen LogP contribution in [-0.2, 0) is 24.7 Å². The molecule has 1 amide bonds. The largest absolute Gasteiger partial charge is 0.416 e. The van der Waals surface area contributed by atoms with Crippen molar-refractivity contribution in [2.75, 3.05) is 4.90 Å². The Kier molecular flexibility index (Phi) is 5.10. The second-order valence-corrected chi connectivity index (χ2v) is 10.00.